The van der Waals surface area contributed by atoms with E-state index in [9.17, 15) is 4.79 Å². The van der Waals surface area contributed by atoms with Crippen LogP contribution in [0.25, 0.3) is 0 Å². The van der Waals surface area contributed by atoms with Crippen LogP contribution >= 0.6 is 11.8 Å². The lowest BCUT2D eigenvalue weighted by molar-refractivity contribution is -0.139. The Hall–Kier alpha value is -3.50. The number of rotatable bonds is 5. The second-order valence-electron chi connectivity index (χ2n) is 8.44. The van der Waals surface area contributed by atoms with Crippen LogP contribution in [0.5, 0.6) is 11.5 Å². The van der Waals surface area contributed by atoms with Gasteiger partial charge in [-0.15, -0.1) is 0 Å². The van der Waals surface area contributed by atoms with Gasteiger partial charge in [0.05, 0.1) is 6.42 Å². The van der Waals surface area contributed by atoms with E-state index in [-0.39, 0.29) is 18.3 Å². The lowest BCUT2D eigenvalue weighted by Crippen LogP contribution is -2.15. The van der Waals surface area contributed by atoms with Crippen molar-refractivity contribution < 1.29 is 14.3 Å². The zero-order valence-corrected chi connectivity index (χ0v) is 19.9. The first kappa shape index (κ1) is 22.3. The van der Waals surface area contributed by atoms with Gasteiger partial charge in [0.25, 0.3) is 0 Å². The second-order valence-corrected chi connectivity index (χ2v) is 9.64. The van der Waals surface area contributed by atoms with E-state index in [2.05, 4.69) is 37.3 Å². The fourth-order valence-corrected chi connectivity index (χ4v) is 5.18. The topological polar surface area (TPSA) is 35.5 Å². The smallest absolute Gasteiger partial charge is 0.312 e. The van der Waals surface area contributed by atoms with Gasteiger partial charge in [0, 0.05) is 21.9 Å². The van der Waals surface area contributed by atoms with Crippen LogP contribution < -0.4 is 4.74 Å². The van der Waals surface area contributed by atoms with E-state index in [0.29, 0.717) is 5.76 Å². The van der Waals surface area contributed by atoms with Gasteiger partial charge in [0.2, 0.25) is 0 Å². The molecule has 4 heteroatoms. The lowest BCUT2D eigenvalue weighted by atomic mass is 9.85. The van der Waals surface area contributed by atoms with Gasteiger partial charge in [-0.1, -0.05) is 84.1 Å². The molecule has 0 unspecified atom stereocenters. The molecule has 0 saturated carbocycles. The molecule has 1 aliphatic heterocycles. The Morgan fingerprint density at radius 2 is 1.71 bits per heavy atom. The second kappa shape index (κ2) is 10.2. The molecule has 0 N–H and O–H groups in total. The SMILES string of the molecule is CC1=CC=C(SC2=CCC=C(OC(=O)CC3c4ccccc4Oc4ccccc43)C=C2)CC=C1. The molecule has 0 bridgehead atoms. The van der Waals surface area contributed by atoms with Gasteiger partial charge in [0.1, 0.15) is 17.3 Å². The Morgan fingerprint density at radius 1 is 0.971 bits per heavy atom. The number of fused-ring (bicyclic) bond motifs is 2. The quantitative estimate of drug-likeness (QED) is 0.417. The summed E-state index contributed by atoms with van der Waals surface area (Å²) in [6.45, 7) is 2.10. The van der Waals surface area contributed by atoms with Crippen LogP contribution in [0, 0.1) is 0 Å². The minimum atomic E-state index is -0.249. The highest BCUT2D eigenvalue weighted by Crippen LogP contribution is 2.45. The minimum absolute atomic E-state index is 0.0972. The van der Waals surface area contributed by atoms with Gasteiger partial charge in [-0.05, 0) is 55.0 Å². The first-order chi connectivity index (χ1) is 16.7. The molecule has 0 radical (unpaired) electrons. The number of hydrogen-bond acceptors (Lipinski definition) is 4. The highest BCUT2D eigenvalue weighted by atomic mass is 32.2. The summed E-state index contributed by atoms with van der Waals surface area (Å²) in [6, 6.07) is 15.8. The van der Waals surface area contributed by atoms with Gasteiger partial charge >= 0.3 is 5.97 Å². The normalized spacial score (nSPS) is 17.1. The lowest BCUT2D eigenvalue weighted by Gasteiger charge is -2.27. The zero-order valence-electron chi connectivity index (χ0n) is 19.1. The third kappa shape index (κ3) is 5.18. The van der Waals surface area contributed by atoms with Crippen LogP contribution in [-0.2, 0) is 9.53 Å². The number of thioether (sulfide) groups is 1. The maximum atomic E-state index is 13.0. The minimum Gasteiger partial charge on any atom is -0.457 e. The summed E-state index contributed by atoms with van der Waals surface area (Å²) in [5.41, 5.74) is 3.28. The molecule has 34 heavy (non-hydrogen) atoms. The van der Waals surface area contributed by atoms with Crippen molar-refractivity contribution >= 4 is 17.7 Å². The van der Waals surface area contributed by atoms with Crippen molar-refractivity contribution in [3.05, 3.63) is 129 Å². The van der Waals surface area contributed by atoms with Crippen molar-refractivity contribution in [1.82, 2.24) is 0 Å². The van der Waals surface area contributed by atoms with Crippen LogP contribution in [0.3, 0.4) is 0 Å². The standard InChI is InChI=1S/C30H26O3S/c1-21-8-6-10-23(18-16-21)34-24-11-7-9-22(17-19-24)32-30(31)20-27-25-12-2-4-14-28(25)33-29-15-5-3-13-26(27)29/h2-6,8-9,11-19,27H,7,10,20H2,1H3. The van der Waals surface area contributed by atoms with Crippen LogP contribution in [0.1, 0.15) is 43.2 Å². The Balaban J connectivity index is 1.25. The first-order valence-corrected chi connectivity index (χ1v) is 12.3. The summed E-state index contributed by atoms with van der Waals surface area (Å²) in [4.78, 5) is 15.4. The molecule has 0 fully saturated rings. The van der Waals surface area contributed by atoms with Crippen molar-refractivity contribution in [2.24, 2.45) is 0 Å². The average molecular weight is 467 g/mol. The Labute approximate surface area is 204 Å². The number of benzene rings is 2. The molecule has 5 rings (SSSR count). The van der Waals surface area contributed by atoms with E-state index in [1.54, 1.807) is 11.8 Å². The zero-order chi connectivity index (χ0) is 23.3. The summed E-state index contributed by atoms with van der Waals surface area (Å²) >= 11 is 1.76. The molecule has 3 aliphatic rings. The monoisotopic (exact) mass is 466 g/mol. The van der Waals surface area contributed by atoms with Crippen LogP contribution in [-0.4, -0.2) is 5.97 Å². The fraction of sp³-hybridized carbons (Fsp3) is 0.167. The van der Waals surface area contributed by atoms with Crippen LogP contribution in [0.4, 0.5) is 0 Å². The fourth-order valence-electron chi connectivity index (χ4n) is 4.25. The highest BCUT2D eigenvalue weighted by Gasteiger charge is 2.29. The molecule has 2 aliphatic carbocycles. The van der Waals surface area contributed by atoms with E-state index in [0.717, 1.165) is 40.4 Å². The summed E-state index contributed by atoms with van der Waals surface area (Å²) in [7, 11) is 0. The van der Waals surface area contributed by atoms with Gasteiger partial charge in [0.15, 0.2) is 0 Å². The molecule has 2 aromatic rings. The molecule has 3 nitrogen and oxygen atoms in total. The number of carbonyl (C=O) groups excluding carboxylic acids is 1. The molecule has 0 amide bonds. The van der Waals surface area contributed by atoms with Gasteiger partial charge in [-0.25, -0.2) is 0 Å². The van der Waals surface area contributed by atoms with E-state index in [1.807, 2.05) is 66.8 Å². The summed E-state index contributed by atoms with van der Waals surface area (Å²) < 4.78 is 11.8. The molecule has 0 aromatic heterocycles. The first-order valence-electron chi connectivity index (χ1n) is 11.5. The Kier molecular flexibility index (Phi) is 6.68. The van der Waals surface area contributed by atoms with Gasteiger partial charge in [-0.3, -0.25) is 4.79 Å². The maximum absolute atomic E-state index is 13.0. The number of carbonyl (C=O) groups is 1. The Bertz CT molecular complexity index is 1240. The number of ether oxygens (including phenoxy) is 2. The highest BCUT2D eigenvalue weighted by molar-refractivity contribution is 8.06. The van der Waals surface area contributed by atoms with Gasteiger partial charge < -0.3 is 9.47 Å². The summed E-state index contributed by atoms with van der Waals surface area (Å²) in [6.07, 6.45) is 18.6. The largest absolute Gasteiger partial charge is 0.457 e. The third-order valence-corrected chi connectivity index (χ3v) is 7.05. The molecular formula is C30H26O3S. The van der Waals surface area contributed by atoms with Gasteiger partial charge in [-0.2, -0.15) is 0 Å². The van der Waals surface area contributed by atoms with Crippen LogP contribution in [0.2, 0.25) is 0 Å². The molecule has 170 valence electrons. The number of esters is 1. The maximum Gasteiger partial charge on any atom is 0.312 e. The van der Waals surface area contributed by atoms with E-state index >= 15 is 0 Å². The van der Waals surface area contributed by atoms with Crippen molar-refractivity contribution in [3.63, 3.8) is 0 Å². The average Bonchev–Trinajstić information content (AvgIpc) is 3.19. The molecule has 2 aromatic carbocycles. The summed E-state index contributed by atoms with van der Waals surface area (Å²) in [5, 5.41) is 0. The summed E-state index contributed by atoms with van der Waals surface area (Å²) in [5.74, 6) is 1.84. The van der Waals surface area contributed by atoms with E-state index in [4.69, 9.17) is 9.47 Å². The van der Waals surface area contributed by atoms with Crippen molar-refractivity contribution in [2.45, 2.75) is 32.1 Å². The predicted octanol–water partition coefficient (Wildman–Crippen LogP) is 8.11. The number of para-hydroxylation sites is 2. The van der Waals surface area contributed by atoms with E-state index < -0.39 is 0 Å². The molecular weight excluding hydrogens is 440 g/mol. The molecule has 0 spiro atoms. The van der Waals surface area contributed by atoms with E-state index in [1.165, 1.54) is 10.5 Å². The van der Waals surface area contributed by atoms with Crippen molar-refractivity contribution in [1.29, 1.82) is 0 Å². The molecule has 0 saturated heterocycles. The van der Waals surface area contributed by atoms with Crippen molar-refractivity contribution in [3.8, 4) is 11.5 Å². The Morgan fingerprint density at radius 3 is 2.47 bits per heavy atom. The van der Waals surface area contributed by atoms with Crippen molar-refractivity contribution in [2.75, 3.05) is 0 Å². The predicted molar refractivity (Wildman–Crippen MR) is 139 cm³/mol. The molecule has 0 atom stereocenters. The third-order valence-electron chi connectivity index (χ3n) is 5.94. The number of allylic oxidation sites excluding steroid dienone is 10. The van der Waals surface area contributed by atoms with Crippen LogP contribution in [0.15, 0.2) is 118 Å². The number of hydrogen-bond donors (Lipinski definition) is 0. The molecule has 1 heterocycles.